The van der Waals surface area contributed by atoms with Crippen LogP contribution in [0.1, 0.15) is 41.7 Å². The van der Waals surface area contributed by atoms with E-state index in [1.165, 1.54) is 19.6 Å². The molecule has 2 fully saturated rings. The molecule has 1 aliphatic carbocycles. The zero-order valence-electron chi connectivity index (χ0n) is 17.5. The molecule has 3 heterocycles. The van der Waals surface area contributed by atoms with E-state index in [0.717, 1.165) is 19.4 Å². The number of aliphatic hydroxyl groups is 1. The van der Waals surface area contributed by atoms with Gasteiger partial charge in [0.1, 0.15) is 23.9 Å². The summed E-state index contributed by atoms with van der Waals surface area (Å²) in [6.45, 7) is 1.33. The van der Waals surface area contributed by atoms with Crippen molar-refractivity contribution in [1.29, 1.82) is 0 Å². The number of aromatic nitrogens is 4. The molecule has 0 radical (unpaired) electrons. The van der Waals surface area contributed by atoms with E-state index >= 15 is 0 Å². The maximum Gasteiger partial charge on any atom is 0.335 e. The molecule has 1 aliphatic heterocycles. The number of nitrogens with zero attached hydrogens (tertiary/aromatic N) is 4. The zero-order valence-corrected chi connectivity index (χ0v) is 18.4. The van der Waals surface area contributed by atoms with Crippen molar-refractivity contribution in [2.75, 3.05) is 19.0 Å². The monoisotopic (exact) mass is 466 g/mol. The van der Waals surface area contributed by atoms with Crippen molar-refractivity contribution in [2.24, 2.45) is 0 Å². The predicted molar refractivity (Wildman–Crippen MR) is 112 cm³/mol. The van der Waals surface area contributed by atoms with E-state index in [4.69, 9.17) is 8.92 Å². The minimum absolute atomic E-state index is 0.103. The maximum absolute atomic E-state index is 13.1. The van der Waals surface area contributed by atoms with Crippen molar-refractivity contribution >= 4 is 21.9 Å². The maximum atomic E-state index is 13.1. The molecule has 32 heavy (non-hydrogen) atoms. The number of hydrogen-bond donors (Lipinski definition) is 3. The third-order valence-corrected chi connectivity index (χ3v) is 6.56. The van der Waals surface area contributed by atoms with Gasteiger partial charge in [0.2, 0.25) is 5.78 Å². The van der Waals surface area contributed by atoms with Crippen LogP contribution in [0.25, 0.3) is 0 Å². The molecule has 0 spiro atoms. The van der Waals surface area contributed by atoms with Gasteiger partial charge in [-0.2, -0.15) is 18.2 Å². The van der Waals surface area contributed by atoms with Gasteiger partial charge in [0.25, 0.3) is 0 Å². The Balaban J connectivity index is 1.44. The van der Waals surface area contributed by atoms with Crippen molar-refractivity contribution < 1.29 is 27.2 Å². The van der Waals surface area contributed by atoms with E-state index in [0.29, 0.717) is 6.54 Å². The first kappa shape index (κ1) is 22.7. The summed E-state index contributed by atoms with van der Waals surface area (Å²) in [5.41, 5.74) is 0.491. The Bertz CT molecular complexity index is 1050. The summed E-state index contributed by atoms with van der Waals surface area (Å²) in [5.74, 6) is -0.0590. The minimum atomic E-state index is -3.93. The Labute approximate surface area is 185 Å². The van der Waals surface area contributed by atoms with Gasteiger partial charge in [0.05, 0.1) is 24.3 Å². The number of rotatable bonds is 9. The van der Waals surface area contributed by atoms with Gasteiger partial charge in [-0.3, -0.25) is 13.7 Å². The summed E-state index contributed by atoms with van der Waals surface area (Å²) in [7, 11) is -2.70. The summed E-state index contributed by atoms with van der Waals surface area (Å²) < 4.78 is 37.6. The van der Waals surface area contributed by atoms with E-state index < -0.39 is 22.5 Å². The van der Waals surface area contributed by atoms with Crippen LogP contribution < -0.4 is 10.0 Å². The number of ether oxygens (including phenoxy) is 1. The molecular weight excluding hydrogens is 440 g/mol. The Morgan fingerprint density at radius 1 is 1.41 bits per heavy atom. The highest BCUT2D eigenvalue weighted by Gasteiger charge is 2.37. The molecule has 4 rings (SSSR count). The van der Waals surface area contributed by atoms with Gasteiger partial charge in [0, 0.05) is 32.1 Å². The molecule has 2 aliphatic rings. The Morgan fingerprint density at radius 3 is 3.00 bits per heavy atom. The highest BCUT2D eigenvalue weighted by Crippen LogP contribution is 2.27. The molecule has 3 N–H and O–H groups in total. The fourth-order valence-electron chi connectivity index (χ4n) is 3.93. The van der Waals surface area contributed by atoms with Crippen molar-refractivity contribution in [2.45, 2.75) is 56.6 Å². The molecule has 0 aromatic carbocycles. The first-order valence-corrected chi connectivity index (χ1v) is 11.8. The molecule has 1 saturated heterocycles. The van der Waals surface area contributed by atoms with Gasteiger partial charge in [0.15, 0.2) is 0 Å². The molecule has 174 valence electrons. The molecule has 2 aromatic rings. The highest BCUT2D eigenvalue weighted by molar-refractivity contribution is 7.84. The standard InChI is InChI=1S/C19H26N6O6S/c1-20-32(28,29)31-17-8-12(7-16(17)26)23-19-14(9-21-11-22-19)18(27)15-4-5-25(24-15)10-13-3-2-6-30-13/h4-5,9,11-13,16-17,20,26H,2-3,6-8,10H2,1H3,(H,21,22,23)/t12-,13-,16+,17-/m1/s1. The fraction of sp³-hybridized carbons (Fsp3) is 0.579. The minimum Gasteiger partial charge on any atom is -0.390 e. The third kappa shape index (κ3) is 5.30. The van der Waals surface area contributed by atoms with Gasteiger partial charge < -0.3 is 15.2 Å². The molecule has 1 saturated carbocycles. The summed E-state index contributed by atoms with van der Waals surface area (Å²) >= 11 is 0. The van der Waals surface area contributed by atoms with Crippen molar-refractivity contribution in [3.05, 3.63) is 36.0 Å². The van der Waals surface area contributed by atoms with Crippen LogP contribution >= 0.6 is 0 Å². The molecule has 2 aromatic heterocycles. The van der Waals surface area contributed by atoms with Crippen LogP contribution in [-0.2, 0) is 25.8 Å². The molecule has 4 atom stereocenters. The van der Waals surface area contributed by atoms with E-state index in [-0.39, 0.29) is 47.8 Å². The topological polar surface area (TPSA) is 158 Å². The second-order valence-corrected chi connectivity index (χ2v) is 9.35. The lowest BCUT2D eigenvalue weighted by molar-refractivity contribution is 0.0636. The Morgan fingerprint density at radius 2 is 2.25 bits per heavy atom. The van der Waals surface area contributed by atoms with E-state index in [1.807, 2.05) is 0 Å². The number of aliphatic hydroxyl groups excluding tert-OH is 1. The van der Waals surface area contributed by atoms with Crippen LogP contribution in [0.4, 0.5) is 5.82 Å². The number of ketones is 1. The average Bonchev–Trinajstić information content (AvgIpc) is 3.51. The quantitative estimate of drug-likeness (QED) is 0.425. The number of anilines is 1. The third-order valence-electron chi connectivity index (χ3n) is 5.56. The molecule has 0 amide bonds. The summed E-state index contributed by atoms with van der Waals surface area (Å²) in [6.07, 6.45) is 5.11. The normalized spacial score (nSPS) is 25.8. The molecule has 12 nitrogen and oxygen atoms in total. The number of carbonyl (C=O) groups excluding carboxylic acids is 1. The second-order valence-electron chi connectivity index (χ2n) is 7.85. The summed E-state index contributed by atoms with van der Waals surface area (Å²) in [6, 6.07) is 1.29. The van der Waals surface area contributed by atoms with Crippen molar-refractivity contribution in [1.82, 2.24) is 24.5 Å². The first-order chi connectivity index (χ1) is 15.3. The largest absolute Gasteiger partial charge is 0.390 e. The van der Waals surface area contributed by atoms with Gasteiger partial charge in [-0.15, -0.1) is 0 Å². The Kier molecular flexibility index (Phi) is 6.81. The van der Waals surface area contributed by atoms with E-state index in [9.17, 15) is 18.3 Å². The van der Waals surface area contributed by atoms with Gasteiger partial charge in [-0.1, -0.05) is 0 Å². The Hall–Kier alpha value is -2.45. The molecule has 13 heteroatoms. The van der Waals surface area contributed by atoms with Crippen LogP contribution in [0.15, 0.2) is 24.8 Å². The lowest BCUT2D eigenvalue weighted by Gasteiger charge is -2.15. The molecule has 0 bridgehead atoms. The summed E-state index contributed by atoms with van der Waals surface area (Å²) in [5, 5.41) is 17.7. The van der Waals surface area contributed by atoms with E-state index in [2.05, 4.69) is 25.1 Å². The van der Waals surface area contributed by atoms with Gasteiger partial charge >= 0.3 is 10.3 Å². The van der Waals surface area contributed by atoms with Crippen molar-refractivity contribution in [3.8, 4) is 0 Å². The SMILES string of the molecule is CNS(=O)(=O)O[C@@H]1C[C@H](Nc2ncncc2C(=O)c2ccn(C[C@H]3CCCO3)n2)C[C@@H]1O. The number of hydrogen-bond acceptors (Lipinski definition) is 10. The lowest BCUT2D eigenvalue weighted by Crippen LogP contribution is -2.31. The summed E-state index contributed by atoms with van der Waals surface area (Å²) in [4.78, 5) is 21.2. The van der Waals surface area contributed by atoms with Crippen LogP contribution in [0, 0.1) is 0 Å². The van der Waals surface area contributed by atoms with E-state index in [1.54, 1.807) is 16.9 Å². The number of nitrogens with one attached hydrogen (secondary N) is 2. The lowest BCUT2D eigenvalue weighted by atomic mass is 10.1. The second kappa shape index (κ2) is 9.58. The first-order valence-electron chi connectivity index (χ1n) is 10.4. The fourth-order valence-corrected chi connectivity index (χ4v) is 4.56. The van der Waals surface area contributed by atoms with Crippen LogP contribution in [0.5, 0.6) is 0 Å². The highest BCUT2D eigenvalue weighted by atomic mass is 32.2. The number of carbonyl (C=O) groups is 1. The average molecular weight is 467 g/mol. The van der Waals surface area contributed by atoms with Gasteiger partial charge in [-0.05, 0) is 31.7 Å². The van der Waals surface area contributed by atoms with Crippen molar-refractivity contribution in [3.63, 3.8) is 0 Å². The molecule has 0 unspecified atom stereocenters. The van der Waals surface area contributed by atoms with Gasteiger partial charge in [-0.25, -0.2) is 9.97 Å². The van der Waals surface area contributed by atoms with Crippen LogP contribution in [-0.4, -0.2) is 77.1 Å². The zero-order chi connectivity index (χ0) is 22.7. The smallest absolute Gasteiger partial charge is 0.335 e. The predicted octanol–water partition coefficient (Wildman–Crippen LogP) is -0.132. The van der Waals surface area contributed by atoms with Crippen LogP contribution in [0.2, 0.25) is 0 Å². The van der Waals surface area contributed by atoms with Crippen LogP contribution in [0.3, 0.4) is 0 Å². The molecular formula is C19H26N6O6S.